The van der Waals surface area contributed by atoms with Gasteiger partial charge in [-0.2, -0.15) is 36.4 Å². The van der Waals surface area contributed by atoms with Gasteiger partial charge in [-0.25, -0.2) is 24.3 Å². The summed E-state index contributed by atoms with van der Waals surface area (Å²) in [5.41, 5.74) is 0. The van der Waals surface area contributed by atoms with Crippen molar-refractivity contribution in [3.05, 3.63) is 85.2 Å². The molecule has 0 aliphatic carbocycles. The van der Waals surface area contributed by atoms with Crippen LogP contribution in [0.4, 0.5) is 0 Å². The van der Waals surface area contributed by atoms with Gasteiger partial charge in [0.1, 0.15) is 0 Å². The molecule has 1 nitrogen and oxygen atoms in total. The molecular formula is C15H17Cl2NTi-2. The molecular weight excluding hydrogens is 313 g/mol. The Morgan fingerprint density at radius 3 is 1.16 bits per heavy atom. The fourth-order valence-electron chi connectivity index (χ4n) is 1.05. The first-order chi connectivity index (χ1) is 8.00. The Morgan fingerprint density at radius 1 is 0.684 bits per heavy atom. The van der Waals surface area contributed by atoms with Crippen LogP contribution in [0.2, 0.25) is 0 Å². The number of nitrogens with one attached hydrogen (secondary N) is 1. The van der Waals surface area contributed by atoms with Crippen LogP contribution >= 0.6 is 0 Å². The molecule has 0 radical (unpaired) electrons. The summed E-state index contributed by atoms with van der Waals surface area (Å²) >= 11 is 0. The van der Waals surface area contributed by atoms with E-state index in [0.717, 1.165) is 6.42 Å². The van der Waals surface area contributed by atoms with E-state index < -0.39 is 0 Å². The van der Waals surface area contributed by atoms with Crippen LogP contribution in [0.3, 0.4) is 0 Å². The Labute approximate surface area is 143 Å². The number of rotatable bonds is 0. The minimum absolute atomic E-state index is 0. The molecule has 0 unspecified atom stereocenters. The summed E-state index contributed by atoms with van der Waals surface area (Å²) in [4.78, 5) is 0. The SMILES string of the molecule is C1=CNC=CC1.[Cl-].[Cl-].[Ti+2].c1cc[cH-]c1.c1cc[cH-]c1. The third kappa shape index (κ3) is 17.3. The van der Waals surface area contributed by atoms with E-state index in [9.17, 15) is 0 Å². The molecule has 1 aliphatic heterocycles. The van der Waals surface area contributed by atoms with E-state index in [1.54, 1.807) is 0 Å². The molecule has 3 rings (SSSR count). The monoisotopic (exact) mass is 329 g/mol. The average Bonchev–Trinajstić information content (AvgIpc) is 3.10. The molecule has 0 saturated heterocycles. The zero-order chi connectivity index (χ0) is 11.3. The van der Waals surface area contributed by atoms with E-state index in [-0.39, 0.29) is 46.5 Å². The van der Waals surface area contributed by atoms with Crippen molar-refractivity contribution in [1.82, 2.24) is 5.32 Å². The first-order valence-corrected chi connectivity index (χ1v) is 5.39. The predicted octanol–water partition coefficient (Wildman–Crippen LogP) is -2.18. The van der Waals surface area contributed by atoms with E-state index in [2.05, 4.69) is 17.5 Å². The van der Waals surface area contributed by atoms with Gasteiger partial charge in [0, 0.05) is 0 Å². The molecule has 0 fully saturated rings. The molecule has 0 saturated carbocycles. The smallest absolute Gasteiger partial charge is 1.00 e. The van der Waals surface area contributed by atoms with Gasteiger partial charge in [-0.15, -0.1) is 0 Å². The van der Waals surface area contributed by atoms with Crippen molar-refractivity contribution in [2.75, 3.05) is 0 Å². The summed E-state index contributed by atoms with van der Waals surface area (Å²) in [6.07, 6.45) is 9.08. The van der Waals surface area contributed by atoms with Crippen LogP contribution < -0.4 is 30.1 Å². The maximum absolute atomic E-state index is 2.92. The average molecular weight is 330 g/mol. The Hall–Kier alpha value is -0.726. The fourth-order valence-corrected chi connectivity index (χ4v) is 1.05. The minimum Gasteiger partial charge on any atom is -1.00 e. The molecule has 4 heteroatoms. The Morgan fingerprint density at radius 2 is 1.05 bits per heavy atom. The normalized spacial score (nSPS) is 9.68. The molecule has 0 amide bonds. The van der Waals surface area contributed by atoms with Gasteiger partial charge in [-0.05, 0) is 18.8 Å². The molecule has 2 aromatic carbocycles. The molecule has 0 aromatic heterocycles. The van der Waals surface area contributed by atoms with Crippen LogP contribution in [0.25, 0.3) is 0 Å². The Kier molecular flexibility index (Phi) is 24.1. The van der Waals surface area contributed by atoms with Crippen molar-refractivity contribution in [2.24, 2.45) is 0 Å². The third-order valence-corrected chi connectivity index (χ3v) is 1.81. The second-order valence-electron chi connectivity index (χ2n) is 3.13. The van der Waals surface area contributed by atoms with Crippen molar-refractivity contribution in [3.63, 3.8) is 0 Å². The van der Waals surface area contributed by atoms with Crippen LogP contribution in [-0.4, -0.2) is 0 Å². The van der Waals surface area contributed by atoms with Gasteiger partial charge in [0.25, 0.3) is 0 Å². The molecule has 0 spiro atoms. The summed E-state index contributed by atoms with van der Waals surface area (Å²) in [5, 5.41) is 2.92. The van der Waals surface area contributed by atoms with Crippen LogP contribution in [0.15, 0.2) is 85.2 Å². The van der Waals surface area contributed by atoms with Gasteiger partial charge >= 0.3 is 21.7 Å². The van der Waals surface area contributed by atoms with Gasteiger partial charge < -0.3 is 30.1 Å². The molecule has 1 N–H and O–H groups in total. The van der Waals surface area contributed by atoms with E-state index in [4.69, 9.17) is 0 Å². The minimum atomic E-state index is 0. The van der Waals surface area contributed by atoms with Crippen LogP contribution in [0.5, 0.6) is 0 Å². The molecule has 2 aromatic rings. The van der Waals surface area contributed by atoms with E-state index in [0.29, 0.717) is 0 Å². The zero-order valence-electron chi connectivity index (χ0n) is 10.5. The summed E-state index contributed by atoms with van der Waals surface area (Å²) in [6.45, 7) is 0. The van der Waals surface area contributed by atoms with Crippen molar-refractivity contribution in [1.29, 1.82) is 0 Å². The van der Waals surface area contributed by atoms with Gasteiger partial charge in [-0.3, -0.25) is 0 Å². The first-order valence-electron chi connectivity index (χ1n) is 5.39. The summed E-state index contributed by atoms with van der Waals surface area (Å²) in [6, 6.07) is 20.0. The van der Waals surface area contributed by atoms with Crippen molar-refractivity contribution in [3.8, 4) is 0 Å². The maximum atomic E-state index is 2.92. The van der Waals surface area contributed by atoms with Crippen molar-refractivity contribution < 1.29 is 46.5 Å². The van der Waals surface area contributed by atoms with Crippen LogP contribution in [0, 0.1) is 0 Å². The number of hydrogen-bond acceptors (Lipinski definition) is 1. The van der Waals surface area contributed by atoms with Gasteiger partial charge in [0.15, 0.2) is 0 Å². The summed E-state index contributed by atoms with van der Waals surface area (Å²) in [5.74, 6) is 0. The number of dihydropyridines is 1. The second-order valence-corrected chi connectivity index (χ2v) is 3.13. The zero-order valence-corrected chi connectivity index (χ0v) is 13.6. The molecule has 19 heavy (non-hydrogen) atoms. The fraction of sp³-hybridized carbons (Fsp3) is 0.0667. The summed E-state index contributed by atoms with van der Waals surface area (Å²) < 4.78 is 0. The number of halogens is 2. The number of allylic oxidation sites excluding steroid dienone is 2. The van der Waals surface area contributed by atoms with Crippen LogP contribution in [-0.2, 0) is 21.7 Å². The molecule has 0 bridgehead atoms. The predicted molar refractivity (Wildman–Crippen MR) is 70.1 cm³/mol. The first kappa shape index (κ1) is 23.4. The summed E-state index contributed by atoms with van der Waals surface area (Å²) in [7, 11) is 0. The quantitative estimate of drug-likeness (QED) is 0.428. The van der Waals surface area contributed by atoms with Gasteiger partial charge in [0.05, 0.1) is 0 Å². The second kappa shape index (κ2) is 19.6. The molecule has 0 atom stereocenters. The maximum Gasteiger partial charge on any atom is 2.00 e. The van der Waals surface area contributed by atoms with Gasteiger partial charge in [-0.1, -0.05) is 12.2 Å². The topological polar surface area (TPSA) is 12.0 Å². The van der Waals surface area contributed by atoms with E-state index >= 15 is 0 Å². The van der Waals surface area contributed by atoms with Crippen molar-refractivity contribution >= 4 is 0 Å². The van der Waals surface area contributed by atoms with Crippen LogP contribution in [0.1, 0.15) is 6.42 Å². The molecule has 1 heterocycles. The Balaban J connectivity index is -0.000000188. The van der Waals surface area contributed by atoms with Crippen molar-refractivity contribution in [2.45, 2.75) is 6.42 Å². The Bertz CT molecular complexity index is 286. The number of hydrogen-bond donors (Lipinski definition) is 1. The third-order valence-electron chi connectivity index (χ3n) is 1.81. The van der Waals surface area contributed by atoms with E-state index in [1.807, 2.05) is 73.1 Å². The largest absolute Gasteiger partial charge is 2.00 e. The van der Waals surface area contributed by atoms with Gasteiger partial charge in [0.2, 0.25) is 0 Å². The molecule has 1 aliphatic rings. The standard InChI is InChI=1S/C5H7N.2C5H5.2ClH.Ti/c1-2-4-6-5-3-1;2*1-2-4-5-3-1;;;/h2-6H,1H2;2*1-5H;2*1H;/q;2*-1;;;+2/p-2. The van der Waals surface area contributed by atoms with E-state index in [1.165, 1.54) is 0 Å². The molecule has 102 valence electrons.